The van der Waals surface area contributed by atoms with Crippen LogP contribution in [-0.2, 0) is 20.7 Å². The van der Waals surface area contributed by atoms with Gasteiger partial charge < -0.3 is 4.74 Å². The first-order valence-corrected chi connectivity index (χ1v) is 8.69. The normalized spacial score (nSPS) is 27.4. The molecule has 1 heterocycles. The average molecular weight is 318 g/mol. The number of benzene rings is 2. The van der Waals surface area contributed by atoms with E-state index in [4.69, 9.17) is 4.74 Å². The lowest BCUT2D eigenvalue weighted by atomic mass is 9.69. The van der Waals surface area contributed by atoms with Gasteiger partial charge in [-0.1, -0.05) is 48.9 Å². The minimum atomic E-state index is -0.317. The van der Waals surface area contributed by atoms with Crippen molar-refractivity contribution in [3.05, 3.63) is 59.2 Å². The summed E-state index contributed by atoms with van der Waals surface area (Å²) in [6.07, 6.45) is 3.63. The quantitative estimate of drug-likeness (QED) is 0.506. The molecule has 2 aliphatic carbocycles. The third kappa shape index (κ3) is 1.84. The number of esters is 2. The van der Waals surface area contributed by atoms with E-state index >= 15 is 0 Å². The second kappa shape index (κ2) is 5.04. The van der Waals surface area contributed by atoms with Crippen molar-refractivity contribution in [3.63, 3.8) is 0 Å². The smallest absolute Gasteiger partial charge is 0.318 e. The molecule has 2 fully saturated rings. The topological polar surface area (TPSA) is 43.4 Å². The fraction of sp³-hybridized carbons (Fsp3) is 0.333. The van der Waals surface area contributed by atoms with Crippen molar-refractivity contribution < 1.29 is 14.3 Å². The maximum Gasteiger partial charge on any atom is 0.318 e. The highest BCUT2D eigenvalue weighted by atomic mass is 16.6. The molecule has 120 valence electrons. The minimum Gasteiger partial charge on any atom is -0.393 e. The van der Waals surface area contributed by atoms with Crippen LogP contribution in [0.2, 0.25) is 0 Å². The molecule has 1 aliphatic heterocycles. The monoisotopic (exact) mass is 318 g/mol. The van der Waals surface area contributed by atoms with Gasteiger partial charge in [0.2, 0.25) is 0 Å². The van der Waals surface area contributed by atoms with Crippen molar-refractivity contribution in [2.75, 3.05) is 0 Å². The van der Waals surface area contributed by atoms with Gasteiger partial charge in [-0.2, -0.15) is 0 Å². The first-order chi connectivity index (χ1) is 11.7. The lowest BCUT2D eigenvalue weighted by Crippen LogP contribution is -2.29. The fourth-order valence-corrected chi connectivity index (χ4v) is 4.91. The molecule has 0 radical (unpaired) electrons. The third-order valence-electron chi connectivity index (χ3n) is 5.96. The largest absolute Gasteiger partial charge is 0.393 e. The summed E-state index contributed by atoms with van der Waals surface area (Å²) in [7, 11) is 0. The highest BCUT2D eigenvalue weighted by molar-refractivity contribution is 5.97. The van der Waals surface area contributed by atoms with E-state index in [-0.39, 0.29) is 29.7 Å². The second-order valence-electron chi connectivity index (χ2n) is 7.12. The maximum absolute atomic E-state index is 12.3. The predicted octanol–water partition coefficient (Wildman–Crippen LogP) is 3.84. The van der Waals surface area contributed by atoms with Crippen molar-refractivity contribution >= 4 is 11.9 Å². The average Bonchev–Trinajstić information content (AvgIpc) is 3.12. The Morgan fingerprint density at radius 1 is 0.833 bits per heavy atom. The van der Waals surface area contributed by atoms with Crippen molar-refractivity contribution in [1.29, 1.82) is 0 Å². The molecule has 3 unspecified atom stereocenters. The van der Waals surface area contributed by atoms with Gasteiger partial charge in [0.05, 0.1) is 11.8 Å². The zero-order valence-electron chi connectivity index (χ0n) is 13.3. The maximum atomic E-state index is 12.3. The summed E-state index contributed by atoms with van der Waals surface area (Å²) in [6.45, 7) is 0. The van der Waals surface area contributed by atoms with Crippen LogP contribution >= 0.6 is 0 Å². The summed E-state index contributed by atoms with van der Waals surface area (Å²) >= 11 is 0. The highest BCUT2D eigenvalue weighted by Crippen LogP contribution is 2.49. The number of fused-ring (bicyclic) bond motifs is 4. The van der Waals surface area contributed by atoms with Gasteiger partial charge in [0.1, 0.15) is 0 Å². The van der Waals surface area contributed by atoms with Crippen LogP contribution in [0.4, 0.5) is 0 Å². The molecule has 24 heavy (non-hydrogen) atoms. The molecule has 0 bridgehead atoms. The molecular formula is C21H18O3. The molecule has 3 nitrogen and oxygen atoms in total. The summed E-state index contributed by atoms with van der Waals surface area (Å²) < 4.78 is 4.96. The van der Waals surface area contributed by atoms with Gasteiger partial charge in [-0.05, 0) is 53.0 Å². The number of carbonyl (C=O) groups is 2. The number of carbonyl (C=O) groups excluding carboxylic acids is 2. The SMILES string of the molecule is O=C1OC(=O)C2C1CCCC2c1cccc2c1Cc1ccccc1-2. The Labute approximate surface area is 140 Å². The van der Waals surface area contributed by atoms with E-state index in [9.17, 15) is 9.59 Å². The van der Waals surface area contributed by atoms with Crippen molar-refractivity contribution in [3.8, 4) is 11.1 Å². The minimum absolute atomic E-state index is 0.104. The van der Waals surface area contributed by atoms with E-state index in [1.807, 2.05) is 0 Å². The summed E-state index contributed by atoms with van der Waals surface area (Å²) in [5, 5.41) is 0. The summed E-state index contributed by atoms with van der Waals surface area (Å²) in [5.74, 6) is -1.06. The van der Waals surface area contributed by atoms with E-state index < -0.39 is 0 Å². The Kier molecular flexibility index (Phi) is 2.93. The molecule has 5 rings (SSSR count). The first-order valence-electron chi connectivity index (χ1n) is 8.69. The standard InChI is InChI=1S/C21H18O3/c22-20-17-10-4-9-16(19(17)21(23)24-20)15-8-3-7-14-13-6-2-1-5-12(13)11-18(14)15/h1-3,5-8,16-17,19H,4,9-11H2. The van der Waals surface area contributed by atoms with Crippen LogP contribution in [0, 0.1) is 11.8 Å². The zero-order valence-corrected chi connectivity index (χ0v) is 13.3. The van der Waals surface area contributed by atoms with Gasteiger partial charge in [-0.15, -0.1) is 0 Å². The third-order valence-corrected chi connectivity index (χ3v) is 5.96. The summed E-state index contributed by atoms with van der Waals surface area (Å²) in [5.41, 5.74) is 6.49. The lowest BCUT2D eigenvalue weighted by molar-refractivity contribution is -0.153. The molecule has 2 aromatic rings. The molecule has 2 aromatic carbocycles. The molecule has 0 amide bonds. The number of ether oxygens (including phenoxy) is 1. The van der Waals surface area contributed by atoms with E-state index in [2.05, 4.69) is 42.5 Å². The highest BCUT2D eigenvalue weighted by Gasteiger charge is 2.50. The van der Waals surface area contributed by atoms with Gasteiger partial charge in [0, 0.05) is 0 Å². The number of hydrogen-bond donors (Lipinski definition) is 0. The van der Waals surface area contributed by atoms with Crippen LogP contribution in [0.3, 0.4) is 0 Å². The van der Waals surface area contributed by atoms with Gasteiger partial charge in [0.25, 0.3) is 0 Å². The Balaban J connectivity index is 1.62. The Morgan fingerprint density at radius 3 is 2.54 bits per heavy atom. The lowest BCUT2D eigenvalue weighted by Gasteiger charge is -2.31. The Hall–Kier alpha value is -2.42. The molecule has 0 spiro atoms. The van der Waals surface area contributed by atoms with Crippen LogP contribution in [0.15, 0.2) is 42.5 Å². The van der Waals surface area contributed by atoms with E-state index in [1.54, 1.807) is 0 Å². The van der Waals surface area contributed by atoms with Crippen LogP contribution in [0.5, 0.6) is 0 Å². The first kappa shape index (κ1) is 14.0. The van der Waals surface area contributed by atoms with Crippen LogP contribution in [-0.4, -0.2) is 11.9 Å². The van der Waals surface area contributed by atoms with Gasteiger partial charge in [-0.25, -0.2) is 0 Å². The molecule has 3 atom stereocenters. The van der Waals surface area contributed by atoms with E-state index in [1.165, 1.54) is 27.8 Å². The number of cyclic esters (lactones) is 2. The number of hydrogen-bond acceptors (Lipinski definition) is 3. The predicted molar refractivity (Wildman–Crippen MR) is 89.4 cm³/mol. The fourth-order valence-electron chi connectivity index (χ4n) is 4.91. The Morgan fingerprint density at radius 2 is 1.62 bits per heavy atom. The summed E-state index contributed by atoms with van der Waals surface area (Å²) in [4.78, 5) is 24.2. The number of rotatable bonds is 1. The van der Waals surface area contributed by atoms with Crippen LogP contribution in [0.25, 0.3) is 11.1 Å². The molecule has 0 aromatic heterocycles. The van der Waals surface area contributed by atoms with Crippen molar-refractivity contribution in [1.82, 2.24) is 0 Å². The Bertz CT molecular complexity index is 867. The van der Waals surface area contributed by atoms with Gasteiger partial charge in [-0.3, -0.25) is 9.59 Å². The molecular weight excluding hydrogens is 300 g/mol. The molecule has 1 saturated heterocycles. The van der Waals surface area contributed by atoms with E-state index in [0.29, 0.717) is 0 Å². The van der Waals surface area contributed by atoms with Gasteiger partial charge in [0.15, 0.2) is 0 Å². The molecule has 3 heteroatoms. The molecule has 0 N–H and O–H groups in total. The van der Waals surface area contributed by atoms with Crippen LogP contribution in [0.1, 0.15) is 41.9 Å². The summed E-state index contributed by atoms with van der Waals surface area (Å²) in [6, 6.07) is 14.9. The second-order valence-corrected chi connectivity index (χ2v) is 7.12. The van der Waals surface area contributed by atoms with Crippen LogP contribution < -0.4 is 0 Å². The van der Waals surface area contributed by atoms with E-state index in [0.717, 1.165) is 25.7 Å². The van der Waals surface area contributed by atoms with Gasteiger partial charge >= 0.3 is 11.9 Å². The molecule has 3 aliphatic rings. The molecule has 1 saturated carbocycles. The van der Waals surface area contributed by atoms with Crippen molar-refractivity contribution in [2.45, 2.75) is 31.6 Å². The zero-order chi connectivity index (χ0) is 16.3. The van der Waals surface area contributed by atoms with Crippen molar-refractivity contribution in [2.24, 2.45) is 11.8 Å².